The summed E-state index contributed by atoms with van der Waals surface area (Å²) in [5.41, 5.74) is 2.56. The van der Waals surface area contributed by atoms with Crippen LogP contribution in [0.5, 0.6) is 0 Å². The maximum Gasteiger partial charge on any atom is 0.267 e. The third-order valence-electron chi connectivity index (χ3n) is 2.38. The molecule has 1 aromatic heterocycles. The van der Waals surface area contributed by atoms with Gasteiger partial charge in [-0.3, -0.25) is 4.79 Å². The standard InChI is InChI=1S/C12H11ClN2OS/c1-7-3-4-9(5-10(7)13)15-12(16)11-8(2)6-14-17-11/h3-6H,1-2H3,(H,15,16). The van der Waals surface area contributed by atoms with Crippen molar-refractivity contribution in [1.82, 2.24) is 4.37 Å². The number of carbonyl (C=O) groups excluding carboxylic acids is 1. The van der Waals surface area contributed by atoms with Crippen LogP contribution >= 0.6 is 23.1 Å². The monoisotopic (exact) mass is 266 g/mol. The number of hydrogen-bond acceptors (Lipinski definition) is 3. The lowest BCUT2D eigenvalue weighted by atomic mass is 10.2. The third-order valence-corrected chi connectivity index (χ3v) is 3.69. The van der Waals surface area contributed by atoms with Gasteiger partial charge in [0.1, 0.15) is 4.88 Å². The molecule has 1 aromatic carbocycles. The first-order valence-electron chi connectivity index (χ1n) is 5.06. The molecule has 0 saturated carbocycles. The molecule has 0 atom stereocenters. The Morgan fingerprint density at radius 3 is 2.71 bits per heavy atom. The highest BCUT2D eigenvalue weighted by molar-refractivity contribution is 7.08. The quantitative estimate of drug-likeness (QED) is 0.901. The predicted molar refractivity (Wildman–Crippen MR) is 71.0 cm³/mol. The molecular weight excluding hydrogens is 256 g/mol. The van der Waals surface area contributed by atoms with E-state index < -0.39 is 0 Å². The second-order valence-corrected chi connectivity index (χ2v) is 4.96. The molecule has 0 spiro atoms. The van der Waals surface area contributed by atoms with Gasteiger partial charge in [0.05, 0.1) is 0 Å². The average molecular weight is 267 g/mol. The smallest absolute Gasteiger partial charge is 0.267 e. The van der Waals surface area contributed by atoms with Crippen LogP contribution in [0.4, 0.5) is 5.69 Å². The van der Waals surface area contributed by atoms with Gasteiger partial charge in [0.25, 0.3) is 5.91 Å². The van der Waals surface area contributed by atoms with Crippen molar-refractivity contribution in [2.75, 3.05) is 5.32 Å². The van der Waals surface area contributed by atoms with Gasteiger partial charge in [0, 0.05) is 16.9 Å². The molecule has 5 heteroatoms. The predicted octanol–water partition coefficient (Wildman–Crippen LogP) is 3.67. The Labute approximate surface area is 109 Å². The first-order chi connectivity index (χ1) is 8.08. The van der Waals surface area contributed by atoms with Crippen LogP contribution in [0.15, 0.2) is 24.4 Å². The third kappa shape index (κ3) is 2.65. The average Bonchev–Trinajstić information content (AvgIpc) is 2.70. The van der Waals surface area contributed by atoms with Crippen molar-refractivity contribution in [2.45, 2.75) is 13.8 Å². The zero-order valence-electron chi connectivity index (χ0n) is 9.45. The number of aryl methyl sites for hydroxylation is 2. The van der Waals surface area contributed by atoms with E-state index in [-0.39, 0.29) is 5.91 Å². The number of aromatic nitrogens is 1. The Kier molecular flexibility index (Phi) is 3.45. The molecule has 0 fully saturated rings. The molecule has 17 heavy (non-hydrogen) atoms. The largest absolute Gasteiger partial charge is 0.321 e. The zero-order chi connectivity index (χ0) is 12.4. The van der Waals surface area contributed by atoms with Crippen molar-refractivity contribution in [2.24, 2.45) is 0 Å². The molecule has 2 aromatic rings. The number of halogens is 1. The summed E-state index contributed by atoms with van der Waals surface area (Å²) in [4.78, 5) is 12.5. The topological polar surface area (TPSA) is 42.0 Å². The summed E-state index contributed by atoms with van der Waals surface area (Å²) in [6.45, 7) is 3.78. The van der Waals surface area contributed by atoms with E-state index in [0.717, 1.165) is 11.1 Å². The highest BCUT2D eigenvalue weighted by Crippen LogP contribution is 2.21. The van der Waals surface area contributed by atoms with Gasteiger partial charge in [-0.1, -0.05) is 17.7 Å². The van der Waals surface area contributed by atoms with Crippen molar-refractivity contribution < 1.29 is 4.79 Å². The first-order valence-corrected chi connectivity index (χ1v) is 6.22. The van der Waals surface area contributed by atoms with Crippen LogP contribution in [0.3, 0.4) is 0 Å². The second kappa shape index (κ2) is 4.85. The van der Waals surface area contributed by atoms with Gasteiger partial charge >= 0.3 is 0 Å². The van der Waals surface area contributed by atoms with Gasteiger partial charge in [-0.15, -0.1) is 0 Å². The minimum atomic E-state index is -0.148. The maximum atomic E-state index is 11.9. The van der Waals surface area contributed by atoms with Crippen LogP contribution in [0.2, 0.25) is 5.02 Å². The summed E-state index contributed by atoms with van der Waals surface area (Å²) in [6, 6.07) is 5.44. The van der Waals surface area contributed by atoms with Crippen molar-refractivity contribution in [3.63, 3.8) is 0 Å². The van der Waals surface area contributed by atoms with Gasteiger partial charge in [0.15, 0.2) is 0 Å². The van der Waals surface area contributed by atoms with Crippen LogP contribution in [0.25, 0.3) is 0 Å². The summed E-state index contributed by atoms with van der Waals surface area (Å²) in [5, 5.41) is 3.44. The Hall–Kier alpha value is -1.39. The molecule has 1 heterocycles. The molecule has 0 aliphatic carbocycles. The fraction of sp³-hybridized carbons (Fsp3) is 0.167. The van der Waals surface area contributed by atoms with E-state index in [1.54, 1.807) is 12.3 Å². The lowest BCUT2D eigenvalue weighted by Crippen LogP contribution is -2.11. The van der Waals surface area contributed by atoms with Crippen LogP contribution < -0.4 is 5.32 Å². The number of anilines is 1. The van der Waals surface area contributed by atoms with Gasteiger partial charge in [0.2, 0.25) is 0 Å². The number of nitrogens with one attached hydrogen (secondary N) is 1. The van der Waals surface area contributed by atoms with Crippen molar-refractivity contribution in [3.05, 3.63) is 45.4 Å². The van der Waals surface area contributed by atoms with Crippen LogP contribution in [0.1, 0.15) is 20.8 Å². The highest BCUT2D eigenvalue weighted by atomic mass is 35.5. The van der Waals surface area contributed by atoms with E-state index >= 15 is 0 Å². The lowest BCUT2D eigenvalue weighted by molar-refractivity contribution is 0.103. The molecule has 1 N–H and O–H groups in total. The Bertz CT molecular complexity index is 565. The SMILES string of the molecule is Cc1ccc(NC(=O)c2sncc2C)cc1Cl. The Balaban J connectivity index is 2.19. The van der Waals surface area contributed by atoms with Crippen LogP contribution in [-0.2, 0) is 0 Å². The molecule has 0 radical (unpaired) electrons. The van der Waals surface area contributed by atoms with Crippen molar-refractivity contribution >= 4 is 34.7 Å². The minimum Gasteiger partial charge on any atom is -0.321 e. The fourth-order valence-electron chi connectivity index (χ4n) is 1.37. The van der Waals surface area contributed by atoms with Gasteiger partial charge in [-0.05, 0) is 48.6 Å². The number of benzene rings is 1. The summed E-state index contributed by atoms with van der Waals surface area (Å²) in [5.74, 6) is -0.148. The first kappa shape index (κ1) is 12.1. The van der Waals surface area contributed by atoms with Gasteiger partial charge < -0.3 is 5.32 Å². The number of carbonyl (C=O) groups is 1. The second-order valence-electron chi connectivity index (χ2n) is 3.76. The van der Waals surface area contributed by atoms with Crippen LogP contribution in [-0.4, -0.2) is 10.3 Å². The van der Waals surface area contributed by atoms with E-state index in [1.807, 2.05) is 26.0 Å². The molecule has 2 rings (SSSR count). The lowest BCUT2D eigenvalue weighted by Gasteiger charge is -2.05. The zero-order valence-corrected chi connectivity index (χ0v) is 11.0. The van der Waals surface area contributed by atoms with E-state index in [1.165, 1.54) is 11.5 Å². The molecule has 1 amide bonds. The summed E-state index contributed by atoms with van der Waals surface area (Å²) in [6.07, 6.45) is 1.68. The number of rotatable bonds is 2. The number of nitrogens with zero attached hydrogens (tertiary/aromatic N) is 1. The van der Waals surface area contributed by atoms with Crippen molar-refractivity contribution in [3.8, 4) is 0 Å². The highest BCUT2D eigenvalue weighted by Gasteiger charge is 2.11. The van der Waals surface area contributed by atoms with Crippen molar-refractivity contribution in [1.29, 1.82) is 0 Å². The van der Waals surface area contributed by atoms with Gasteiger partial charge in [-0.2, -0.15) is 0 Å². The fourth-order valence-corrected chi connectivity index (χ4v) is 2.20. The molecule has 0 saturated heterocycles. The van der Waals surface area contributed by atoms with E-state index in [2.05, 4.69) is 9.69 Å². The Morgan fingerprint density at radius 1 is 1.35 bits per heavy atom. The van der Waals surface area contributed by atoms with E-state index in [0.29, 0.717) is 15.6 Å². The molecule has 0 bridgehead atoms. The summed E-state index contributed by atoms with van der Waals surface area (Å²) < 4.78 is 3.97. The molecule has 0 aliphatic heterocycles. The molecular formula is C12H11ClN2OS. The molecule has 0 aliphatic rings. The van der Waals surface area contributed by atoms with Crippen LogP contribution in [0, 0.1) is 13.8 Å². The van der Waals surface area contributed by atoms with Gasteiger partial charge in [-0.25, -0.2) is 4.37 Å². The normalized spacial score (nSPS) is 10.3. The molecule has 88 valence electrons. The van der Waals surface area contributed by atoms with E-state index in [9.17, 15) is 4.79 Å². The summed E-state index contributed by atoms with van der Waals surface area (Å²) >= 11 is 7.18. The minimum absolute atomic E-state index is 0.148. The molecule has 0 unspecified atom stereocenters. The van der Waals surface area contributed by atoms with E-state index in [4.69, 9.17) is 11.6 Å². The molecule has 3 nitrogen and oxygen atoms in total. The number of amides is 1. The Morgan fingerprint density at radius 2 is 2.12 bits per heavy atom. The maximum absolute atomic E-state index is 11.9. The number of hydrogen-bond donors (Lipinski definition) is 1. The summed E-state index contributed by atoms with van der Waals surface area (Å²) in [7, 11) is 0.